The first-order chi connectivity index (χ1) is 13.5. The van der Waals surface area contributed by atoms with Crippen LogP contribution in [0.2, 0.25) is 0 Å². The van der Waals surface area contributed by atoms with Crippen molar-refractivity contribution < 1.29 is 19.7 Å². The third-order valence-electron chi connectivity index (χ3n) is 4.57. The molecule has 28 heavy (non-hydrogen) atoms. The molecule has 5 nitrogen and oxygen atoms in total. The summed E-state index contributed by atoms with van der Waals surface area (Å²) in [6.07, 6.45) is 5.49. The molecule has 0 bridgehead atoms. The van der Waals surface area contributed by atoms with Crippen LogP contribution in [0, 0.1) is 5.92 Å². The summed E-state index contributed by atoms with van der Waals surface area (Å²) in [4.78, 5) is 4.41. The first kappa shape index (κ1) is 21.8. The van der Waals surface area contributed by atoms with E-state index in [0.717, 1.165) is 16.8 Å². The van der Waals surface area contributed by atoms with E-state index in [4.69, 9.17) is 4.42 Å². The van der Waals surface area contributed by atoms with Gasteiger partial charge in [0.1, 0.15) is 18.1 Å². The van der Waals surface area contributed by atoms with Crippen LogP contribution in [0.15, 0.2) is 64.7 Å². The molecular formula is C23H29NO4. The second-order valence-electron chi connectivity index (χ2n) is 6.92. The van der Waals surface area contributed by atoms with E-state index in [1.54, 1.807) is 24.4 Å². The van der Waals surface area contributed by atoms with Gasteiger partial charge in [-0.25, -0.2) is 0 Å². The number of furan rings is 1. The Balaban J connectivity index is 2.23. The molecule has 2 heterocycles. The molecule has 0 aromatic carbocycles. The number of hydrogen-bond acceptors (Lipinski definition) is 5. The highest BCUT2D eigenvalue weighted by molar-refractivity contribution is 5.78. The lowest BCUT2D eigenvalue weighted by atomic mass is 9.89. The Kier molecular flexibility index (Phi) is 8.39. The second-order valence-corrected chi connectivity index (χ2v) is 6.92. The molecule has 0 radical (unpaired) electrons. The standard InChI is InChI=1S/C23H29NO4/c1-16(2)17(3)21(11-13-25)23(27)10-7-18(22-6-4-5-12-24-22)14-19-8-9-20(15-26)28-19/h4-6,8-9,11-12,14,16,23,25-27H,3,7,10,13,15H2,1-2H3/b18-14-,21-11-. The van der Waals surface area contributed by atoms with Gasteiger partial charge in [0.2, 0.25) is 0 Å². The largest absolute Gasteiger partial charge is 0.459 e. The minimum absolute atomic E-state index is 0.141. The number of allylic oxidation sites excluding steroid dienone is 1. The average molecular weight is 383 g/mol. The topological polar surface area (TPSA) is 86.7 Å². The van der Waals surface area contributed by atoms with E-state index in [9.17, 15) is 15.3 Å². The van der Waals surface area contributed by atoms with Gasteiger partial charge in [-0.3, -0.25) is 4.98 Å². The van der Waals surface area contributed by atoms with E-state index < -0.39 is 6.10 Å². The van der Waals surface area contributed by atoms with Gasteiger partial charge in [-0.2, -0.15) is 0 Å². The van der Waals surface area contributed by atoms with Crippen LogP contribution in [-0.4, -0.2) is 33.0 Å². The summed E-state index contributed by atoms with van der Waals surface area (Å²) in [5, 5.41) is 29.2. The van der Waals surface area contributed by atoms with Gasteiger partial charge < -0.3 is 19.7 Å². The lowest BCUT2D eigenvalue weighted by molar-refractivity contribution is 0.201. The van der Waals surface area contributed by atoms with Gasteiger partial charge in [0.25, 0.3) is 0 Å². The normalized spacial score (nSPS) is 13.8. The maximum absolute atomic E-state index is 10.7. The van der Waals surface area contributed by atoms with Crippen LogP contribution in [0.5, 0.6) is 0 Å². The van der Waals surface area contributed by atoms with Crippen LogP contribution in [0.1, 0.15) is 43.9 Å². The molecule has 2 rings (SSSR count). The fourth-order valence-electron chi connectivity index (χ4n) is 2.92. The third kappa shape index (κ3) is 6.02. The molecule has 0 amide bonds. The summed E-state index contributed by atoms with van der Waals surface area (Å²) < 4.78 is 5.57. The molecule has 0 spiro atoms. The van der Waals surface area contributed by atoms with Crippen LogP contribution < -0.4 is 0 Å². The molecule has 150 valence electrons. The van der Waals surface area contributed by atoms with Gasteiger partial charge in [-0.15, -0.1) is 0 Å². The van der Waals surface area contributed by atoms with Gasteiger partial charge in [0, 0.05) is 6.20 Å². The summed E-state index contributed by atoms with van der Waals surface area (Å²) in [7, 11) is 0. The van der Waals surface area contributed by atoms with Crippen molar-refractivity contribution in [1.82, 2.24) is 4.98 Å². The van der Waals surface area contributed by atoms with E-state index in [1.165, 1.54) is 0 Å². The van der Waals surface area contributed by atoms with Crippen molar-refractivity contribution in [2.45, 2.75) is 39.4 Å². The summed E-state index contributed by atoms with van der Waals surface area (Å²) in [5.41, 5.74) is 3.21. The number of rotatable bonds is 10. The van der Waals surface area contributed by atoms with Crippen molar-refractivity contribution >= 4 is 11.6 Å². The lowest BCUT2D eigenvalue weighted by Crippen LogP contribution is -2.15. The molecule has 1 unspecified atom stereocenters. The highest BCUT2D eigenvalue weighted by Gasteiger charge is 2.17. The van der Waals surface area contributed by atoms with Crippen molar-refractivity contribution in [1.29, 1.82) is 0 Å². The predicted molar refractivity (Wildman–Crippen MR) is 111 cm³/mol. The minimum atomic E-state index is -0.737. The van der Waals surface area contributed by atoms with E-state index in [1.807, 2.05) is 38.1 Å². The molecule has 1 atom stereocenters. The summed E-state index contributed by atoms with van der Waals surface area (Å²) in [6.45, 7) is 7.78. The first-order valence-electron chi connectivity index (χ1n) is 9.46. The van der Waals surface area contributed by atoms with Gasteiger partial charge in [-0.05, 0) is 65.8 Å². The third-order valence-corrected chi connectivity index (χ3v) is 4.57. The Bertz CT molecular complexity index is 818. The molecule has 5 heteroatoms. The van der Waals surface area contributed by atoms with Crippen LogP contribution >= 0.6 is 0 Å². The number of aromatic nitrogens is 1. The molecule has 0 aliphatic carbocycles. The maximum Gasteiger partial charge on any atom is 0.130 e. The first-order valence-corrected chi connectivity index (χ1v) is 9.46. The van der Waals surface area contributed by atoms with Gasteiger partial charge >= 0.3 is 0 Å². The molecule has 2 aromatic rings. The Morgan fingerprint density at radius 2 is 2.00 bits per heavy atom. The van der Waals surface area contributed by atoms with E-state index >= 15 is 0 Å². The zero-order valence-corrected chi connectivity index (χ0v) is 16.5. The van der Waals surface area contributed by atoms with E-state index in [2.05, 4.69) is 11.6 Å². The number of pyridine rings is 1. The fourth-order valence-corrected chi connectivity index (χ4v) is 2.92. The Labute approximate surface area is 166 Å². The van der Waals surface area contributed by atoms with E-state index in [-0.39, 0.29) is 19.1 Å². The van der Waals surface area contributed by atoms with Crippen LogP contribution in [0.25, 0.3) is 11.6 Å². The molecule has 3 N–H and O–H groups in total. The molecular weight excluding hydrogens is 354 g/mol. The average Bonchev–Trinajstić information content (AvgIpc) is 3.16. The maximum atomic E-state index is 10.7. The highest BCUT2D eigenvalue weighted by Crippen LogP contribution is 2.28. The van der Waals surface area contributed by atoms with Crippen molar-refractivity contribution in [2.24, 2.45) is 5.92 Å². The Morgan fingerprint density at radius 1 is 1.21 bits per heavy atom. The molecule has 0 fully saturated rings. The zero-order valence-electron chi connectivity index (χ0n) is 16.5. The van der Waals surface area contributed by atoms with Gasteiger partial charge in [0.15, 0.2) is 0 Å². The summed E-state index contributed by atoms with van der Waals surface area (Å²) >= 11 is 0. The van der Waals surface area contributed by atoms with Crippen molar-refractivity contribution in [3.8, 4) is 0 Å². The van der Waals surface area contributed by atoms with Crippen LogP contribution in [0.4, 0.5) is 0 Å². The number of nitrogens with zero attached hydrogens (tertiary/aromatic N) is 1. The smallest absolute Gasteiger partial charge is 0.130 e. The molecule has 0 saturated carbocycles. The van der Waals surface area contributed by atoms with E-state index in [0.29, 0.717) is 29.9 Å². The fraction of sp³-hybridized carbons (Fsp3) is 0.348. The summed E-state index contributed by atoms with van der Waals surface area (Å²) in [6, 6.07) is 9.19. The molecule has 0 saturated heterocycles. The number of aliphatic hydroxyl groups excluding tert-OH is 3. The van der Waals surface area contributed by atoms with Gasteiger partial charge in [-0.1, -0.05) is 32.6 Å². The lowest BCUT2D eigenvalue weighted by Gasteiger charge is -2.20. The monoisotopic (exact) mass is 383 g/mol. The number of aliphatic hydroxyl groups is 3. The SMILES string of the molecule is C=C(/C(=C/CO)C(O)CC/C(=C/c1ccc(CO)o1)c1ccccn1)C(C)C. The quantitative estimate of drug-likeness (QED) is 0.540. The van der Waals surface area contributed by atoms with Crippen LogP contribution in [-0.2, 0) is 6.61 Å². The van der Waals surface area contributed by atoms with Crippen molar-refractivity contribution in [3.63, 3.8) is 0 Å². The zero-order chi connectivity index (χ0) is 20.5. The molecule has 0 aliphatic rings. The van der Waals surface area contributed by atoms with Crippen molar-refractivity contribution in [3.05, 3.63) is 77.5 Å². The number of hydrogen-bond donors (Lipinski definition) is 3. The predicted octanol–water partition coefficient (Wildman–Crippen LogP) is 3.98. The Morgan fingerprint density at radius 3 is 2.57 bits per heavy atom. The summed E-state index contributed by atoms with van der Waals surface area (Å²) in [5.74, 6) is 1.29. The minimum Gasteiger partial charge on any atom is -0.459 e. The van der Waals surface area contributed by atoms with Crippen LogP contribution in [0.3, 0.4) is 0 Å². The van der Waals surface area contributed by atoms with Crippen molar-refractivity contribution in [2.75, 3.05) is 6.61 Å². The molecule has 0 aliphatic heterocycles. The van der Waals surface area contributed by atoms with Gasteiger partial charge in [0.05, 0.1) is 18.4 Å². The molecule has 2 aromatic heterocycles. The Hall–Kier alpha value is -2.47. The second kappa shape index (κ2) is 10.8. The highest BCUT2D eigenvalue weighted by atomic mass is 16.4.